The van der Waals surface area contributed by atoms with Crippen molar-refractivity contribution in [1.29, 1.82) is 0 Å². The second kappa shape index (κ2) is 14.1. The number of benzene rings is 1. The molecule has 3 heterocycles. The van der Waals surface area contributed by atoms with Crippen LogP contribution in [0.3, 0.4) is 0 Å². The molecule has 274 valence electrons. The molecule has 5 atom stereocenters. The number of halogens is 1. The van der Waals surface area contributed by atoms with Crippen LogP contribution in [0.5, 0.6) is 0 Å². The molecule has 0 radical (unpaired) electrons. The minimum absolute atomic E-state index is 0.0119. The van der Waals surface area contributed by atoms with E-state index in [1.165, 1.54) is 15.9 Å². The Balaban J connectivity index is 1.23. The van der Waals surface area contributed by atoms with Crippen molar-refractivity contribution in [1.82, 2.24) is 25.2 Å². The third kappa shape index (κ3) is 8.42. The van der Waals surface area contributed by atoms with Crippen LogP contribution in [0, 0.1) is 11.7 Å². The van der Waals surface area contributed by atoms with Crippen molar-refractivity contribution in [2.45, 2.75) is 126 Å². The van der Waals surface area contributed by atoms with Crippen LogP contribution in [0.15, 0.2) is 30.4 Å². The Hall–Kier alpha value is -3.72. The zero-order chi connectivity index (χ0) is 35.8. The Morgan fingerprint density at radius 1 is 1.10 bits per heavy atom. The highest BCUT2D eigenvalue weighted by molar-refractivity contribution is 7.90. The van der Waals surface area contributed by atoms with Crippen molar-refractivity contribution in [3.63, 3.8) is 0 Å². The Kier molecular flexibility index (Phi) is 10.2. The van der Waals surface area contributed by atoms with E-state index in [4.69, 9.17) is 9.47 Å². The SMILES string of the molecule is CC(C)(C)OC(=O)N[C@H]1CCCCC/C=C\[C@@H]2C[C@@]2(CNS(=O)(=O)C2CC2)NC(=O)[C@@H]2C[C@@H](OC(=O)N3Cc4cccc(F)c4C3)CN2C1=O. The third-order valence-electron chi connectivity index (χ3n) is 10.1. The molecule has 4 amide bonds. The molecule has 1 aromatic rings. The first-order valence-electron chi connectivity index (χ1n) is 17.6. The topological polar surface area (TPSA) is 163 Å². The molecule has 0 aromatic heterocycles. The van der Waals surface area contributed by atoms with Gasteiger partial charge in [0.25, 0.3) is 0 Å². The lowest BCUT2D eigenvalue weighted by molar-refractivity contribution is -0.140. The van der Waals surface area contributed by atoms with E-state index in [0.29, 0.717) is 43.2 Å². The number of sulfonamides is 1. The first kappa shape index (κ1) is 36.1. The molecular formula is C35H48FN5O8S. The highest BCUT2D eigenvalue weighted by atomic mass is 32.2. The van der Waals surface area contributed by atoms with Crippen molar-refractivity contribution in [2.24, 2.45) is 5.92 Å². The summed E-state index contributed by atoms with van der Waals surface area (Å²) in [5.74, 6) is -1.51. The number of fused-ring (bicyclic) bond motifs is 3. The van der Waals surface area contributed by atoms with E-state index in [0.717, 1.165) is 19.3 Å². The predicted molar refractivity (Wildman–Crippen MR) is 180 cm³/mol. The highest BCUT2D eigenvalue weighted by Crippen LogP contribution is 2.45. The summed E-state index contributed by atoms with van der Waals surface area (Å²) >= 11 is 0. The molecule has 2 aliphatic carbocycles. The van der Waals surface area contributed by atoms with E-state index in [-0.39, 0.29) is 38.5 Å². The average molecular weight is 718 g/mol. The van der Waals surface area contributed by atoms with Gasteiger partial charge in [0.05, 0.1) is 23.9 Å². The smallest absolute Gasteiger partial charge is 0.410 e. The van der Waals surface area contributed by atoms with Gasteiger partial charge in [-0.15, -0.1) is 0 Å². The molecule has 3 aliphatic heterocycles. The molecule has 3 fully saturated rings. The summed E-state index contributed by atoms with van der Waals surface area (Å²) in [6.07, 6.45) is 6.84. The van der Waals surface area contributed by atoms with E-state index < -0.39 is 74.4 Å². The maximum Gasteiger partial charge on any atom is 0.410 e. The van der Waals surface area contributed by atoms with Crippen molar-refractivity contribution < 1.29 is 41.5 Å². The van der Waals surface area contributed by atoms with Crippen LogP contribution in [0.2, 0.25) is 0 Å². The van der Waals surface area contributed by atoms with Gasteiger partial charge in [0.1, 0.15) is 29.6 Å². The van der Waals surface area contributed by atoms with Gasteiger partial charge < -0.3 is 25.0 Å². The van der Waals surface area contributed by atoms with Gasteiger partial charge in [-0.3, -0.25) is 14.5 Å². The number of amides is 4. The largest absolute Gasteiger partial charge is 0.444 e. The molecule has 50 heavy (non-hydrogen) atoms. The quantitative estimate of drug-likeness (QED) is 0.376. The van der Waals surface area contributed by atoms with E-state index in [9.17, 15) is 32.0 Å². The minimum Gasteiger partial charge on any atom is -0.444 e. The summed E-state index contributed by atoms with van der Waals surface area (Å²) in [4.78, 5) is 57.4. The lowest BCUT2D eigenvalue weighted by Gasteiger charge is -2.30. The molecule has 0 bridgehead atoms. The van der Waals surface area contributed by atoms with Crippen molar-refractivity contribution in [3.05, 3.63) is 47.3 Å². The normalized spacial score (nSPS) is 29.4. The lowest BCUT2D eigenvalue weighted by Crippen LogP contribution is -2.57. The van der Waals surface area contributed by atoms with Crippen LogP contribution in [-0.2, 0) is 42.2 Å². The molecule has 2 saturated carbocycles. The summed E-state index contributed by atoms with van der Waals surface area (Å²) < 4.78 is 53.9. The fraction of sp³-hybridized carbons (Fsp3) is 0.657. The Labute approximate surface area is 292 Å². The zero-order valence-electron chi connectivity index (χ0n) is 28.9. The monoisotopic (exact) mass is 717 g/mol. The Morgan fingerprint density at radius 3 is 2.60 bits per heavy atom. The third-order valence-corrected chi connectivity index (χ3v) is 12.0. The van der Waals surface area contributed by atoms with Gasteiger partial charge in [-0.1, -0.05) is 37.1 Å². The number of alkyl carbamates (subject to hydrolysis) is 1. The lowest BCUT2D eigenvalue weighted by atomic mass is 10.0. The van der Waals surface area contributed by atoms with E-state index in [1.807, 2.05) is 6.08 Å². The molecular weight excluding hydrogens is 669 g/mol. The molecule has 0 spiro atoms. The van der Waals surface area contributed by atoms with Gasteiger partial charge in [-0.05, 0) is 70.9 Å². The number of nitrogens with zero attached hydrogens (tertiary/aromatic N) is 2. The molecule has 0 unspecified atom stereocenters. The highest BCUT2D eigenvalue weighted by Gasteiger charge is 2.56. The van der Waals surface area contributed by atoms with E-state index in [1.54, 1.807) is 32.9 Å². The minimum atomic E-state index is -3.52. The van der Waals surface area contributed by atoms with Crippen LogP contribution in [0.1, 0.15) is 89.7 Å². The number of carbonyl (C=O) groups excluding carboxylic acids is 4. The van der Waals surface area contributed by atoms with Crippen LogP contribution in [0.4, 0.5) is 14.0 Å². The van der Waals surface area contributed by atoms with Gasteiger partial charge in [0.2, 0.25) is 21.8 Å². The van der Waals surface area contributed by atoms with Crippen LogP contribution >= 0.6 is 0 Å². The number of allylic oxidation sites excluding steroid dienone is 1. The first-order valence-corrected chi connectivity index (χ1v) is 19.2. The number of rotatable bonds is 6. The molecule has 5 aliphatic rings. The zero-order valence-corrected chi connectivity index (χ0v) is 29.7. The maximum atomic E-state index is 14.4. The van der Waals surface area contributed by atoms with Gasteiger partial charge in [0.15, 0.2) is 0 Å². The second-order valence-electron chi connectivity index (χ2n) is 15.3. The number of ether oxygens (including phenoxy) is 2. The summed E-state index contributed by atoms with van der Waals surface area (Å²) in [6.45, 7) is 5.28. The second-order valence-corrected chi connectivity index (χ2v) is 17.3. The first-order chi connectivity index (χ1) is 23.6. The van der Waals surface area contributed by atoms with E-state index >= 15 is 0 Å². The molecule has 3 N–H and O–H groups in total. The summed E-state index contributed by atoms with van der Waals surface area (Å²) in [5, 5.41) is 5.37. The Morgan fingerprint density at radius 2 is 1.88 bits per heavy atom. The van der Waals surface area contributed by atoms with Gasteiger partial charge in [0, 0.05) is 31.0 Å². The fourth-order valence-electron chi connectivity index (χ4n) is 7.09. The molecule has 1 aromatic carbocycles. The molecule has 1 saturated heterocycles. The number of carbonyl (C=O) groups is 4. The molecule has 15 heteroatoms. The van der Waals surface area contributed by atoms with E-state index in [2.05, 4.69) is 21.4 Å². The number of hydrogen-bond acceptors (Lipinski definition) is 8. The maximum absolute atomic E-state index is 14.4. The van der Waals surface area contributed by atoms with Crippen LogP contribution in [0.25, 0.3) is 0 Å². The number of hydrogen-bond donors (Lipinski definition) is 3. The predicted octanol–water partition coefficient (Wildman–Crippen LogP) is 3.62. The van der Waals surface area contributed by atoms with Crippen molar-refractivity contribution in [2.75, 3.05) is 13.1 Å². The van der Waals surface area contributed by atoms with Crippen molar-refractivity contribution in [3.8, 4) is 0 Å². The van der Waals surface area contributed by atoms with Crippen molar-refractivity contribution >= 4 is 34.0 Å². The Bertz CT molecular complexity index is 1640. The average Bonchev–Trinajstić information content (AvgIpc) is 3.91. The summed E-state index contributed by atoms with van der Waals surface area (Å²) in [5.41, 5.74) is -0.575. The van der Waals surface area contributed by atoms with Crippen LogP contribution in [-0.4, -0.2) is 89.9 Å². The fourth-order valence-corrected chi connectivity index (χ4v) is 8.54. The number of nitrogens with one attached hydrogen (secondary N) is 3. The summed E-state index contributed by atoms with van der Waals surface area (Å²) in [7, 11) is -3.52. The van der Waals surface area contributed by atoms with Gasteiger partial charge in [-0.25, -0.2) is 27.1 Å². The summed E-state index contributed by atoms with van der Waals surface area (Å²) in [6, 6.07) is 2.61. The van der Waals surface area contributed by atoms with Gasteiger partial charge >= 0.3 is 12.2 Å². The molecule has 6 rings (SSSR count). The standard InChI is InChI=1S/C35H48FN5O8S/c1-34(2,3)49-32(44)38-28-13-8-6-4-5-7-11-23-17-35(23,21-37-50(46,47)25-14-15-25)39-30(42)29-16-24(19-41(29)31(28)43)48-33(45)40-18-22-10-9-12-27(36)26(22)20-40/h7,9-12,23-25,28-29,37H,4-6,8,13-21H2,1-3H3,(H,38,44)(H,39,42)/b11-7-/t23-,24-,28+,29+,35+/m1/s1. The van der Waals surface area contributed by atoms with Crippen LogP contribution < -0.4 is 15.4 Å². The molecule has 13 nitrogen and oxygen atoms in total. The van der Waals surface area contributed by atoms with Gasteiger partial charge in [-0.2, -0.15) is 0 Å².